The number of benzene rings is 1. The predicted molar refractivity (Wildman–Crippen MR) is 100 cm³/mol. The number of rotatable bonds is 2. The molecule has 4 rings (SSSR count). The summed E-state index contributed by atoms with van der Waals surface area (Å²) >= 11 is 12.4. The Morgan fingerprint density at radius 3 is 2.62 bits per heavy atom. The Hall–Kier alpha value is -0.480. The molecule has 3 nitrogen and oxygen atoms in total. The summed E-state index contributed by atoms with van der Waals surface area (Å²) in [5.74, 6) is 0.659. The van der Waals surface area contributed by atoms with Crippen LogP contribution in [0, 0.1) is 11.3 Å². The number of likely N-dealkylation sites (tertiary alicyclic amines) is 1. The van der Waals surface area contributed by atoms with Crippen LogP contribution in [0.1, 0.15) is 37.2 Å². The topological polar surface area (TPSA) is 32.3 Å². The lowest BCUT2D eigenvalue weighted by atomic mass is 9.78. The minimum atomic E-state index is 0. The lowest BCUT2D eigenvalue weighted by molar-refractivity contribution is -0.134. The first-order valence-corrected chi connectivity index (χ1v) is 9.29. The van der Waals surface area contributed by atoms with E-state index in [0.29, 0.717) is 21.4 Å². The van der Waals surface area contributed by atoms with Crippen LogP contribution < -0.4 is 5.32 Å². The lowest BCUT2D eigenvalue weighted by Gasteiger charge is -2.39. The summed E-state index contributed by atoms with van der Waals surface area (Å²) in [4.78, 5) is 14.9. The zero-order chi connectivity index (χ0) is 16.0. The standard InChI is InChI=1S/C18H22Cl2N2O.ClH/c19-15-3-1-2-12(16(15)20)13-10-14(13)17(23)22-8-5-18(6-9-22)4-7-21-11-18;/h1-3,13-14,21H,4-11H2;1H. The Bertz CT molecular complexity index is 621. The number of amides is 1. The first kappa shape index (κ1) is 18.3. The second kappa shape index (κ2) is 7.03. The van der Waals surface area contributed by atoms with Crippen molar-refractivity contribution < 1.29 is 4.79 Å². The van der Waals surface area contributed by atoms with E-state index < -0.39 is 0 Å². The maximum atomic E-state index is 12.8. The number of halogens is 3. The van der Waals surface area contributed by atoms with Crippen molar-refractivity contribution in [2.24, 2.45) is 11.3 Å². The van der Waals surface area contributed by atoms with Crippen LogP contribution in [0.2, 0.25) is 10.0 Å². The number of nitrogens with zero attached hydrogens (tertiary/aromatic N) is 1. The van der Waals surface area contributed by atoms with E-state index >= 15 is 0 Å². The van der Waals surface area contributed by atoms with Gasteiger partial charge in [0.25, 0.3) is 0 Å². The molecule has 24 heavy (non-hydrogen) atoms. The van der Waals surface area contributed by atoms with E-state index in [0.717, 1.165) is 51.0 Å². The molecule has 0 aromatic heterocycles. The highest BCUT2D eigenvalue weighted by Gasteiger charge is 2.48. The van der Waals surface area contributed by atoms with Gasteiger partial charge in [0, 0.05) is 25.6 Å². The van der Waals surface area contributed by atoms with Crippen molar-refractivity contribution in [3.05, 3.63) is 33.8 Å². The van der Waals surface area contributed by atoms with Crippen molar-refractivity contribution in [2.75, 3.05) is 26.2 Å². The summed E-state index contributed by atoms with van der Waals surface area (Å²) < 4.78 is 0. The molecule has 3 fully saturated rings. The van der Waals surface area contributed by atoms with E-state index in [9.17, 15) is 4.79 Å². The van der Waals surface area contributed by atoms with Gasteiger partial charge in [0.1, 0.15) is 0 Å². The number of nitrogens with one attached hydrogen (secondary N) is 1. The third-order valence-electron chi connectivity index (χ3n) is 5.96. The van der Waals surface area contributed by atoms with Crippen LogP contribution in [0.4, 0.5) is 0 Å². The SMILES string of the molecule is Cl.O=C(C1CC1c1cccc(Cl)c1Cl)N1CCC2(CCNC2)CC1. The van der Waals surface area contributed by atoms with E-state index in [1.165, 1.54) is 6.42 Å². The van der Waals surface area contributed by atoms with Gasteiger partial charge >= 0.3 is 0 Å². The maximum absolute atomic E-state index is 12.8. The van der Waals surface area contributed by atoms with Crippen molar-refractivity contribution in [1.29, 1.82) is 0 Å². The Morgan fingerprint density at radius 1 is 1.21 bits per heavy atom. The van der Waals surface area contributed by atoms with Gasteiger partial charge in [0.2, 0.25) is 5.91 Å². The van der Waals surface area contributed by atoms with Crippen LogP contribution in [-0.4, -0.2) is 37.0 Å². The quantitative estimate of drug-likeness (QED) is 0.825. The first-order valence-electron chi connectivity index (χ1n) is 8.53. The predicted octanol–water partition coefficient (Wildman–Crippen LogP) is 4.12. The highest BCUT2D eigenvalue weighted by molar-refractivity contribution is 6.42. The molecule has 0 radical (unpaired) electrons. The second-order valence-electron chi connectivity index (χ2n) is 7.34. The average Bonchev–Trinajstić information content (AvgIpc) is 3.23. The number of hydrogen-bond acceptors (Lipinski definition) is 2. The molecule has 1 saturated carbocycles. The Morgan fingerprint density at radius 2 is 1.96 bits per heavy atom. The van der Waals surface area contributed by atoms with Crippen LogP contribution in [0.15, 0.2) is 18.2 Å². The maximum Gasteiger partial charge on any atom is 0.226 e. The van der Waals surface area contributed by atoms with Gasteiger partial charge in [-0.3, -0.25) is 4.79 Å². The summed E-state index contributed by atoms with van der Waals surface area (Å²) in [5.41, 5.74) is 1.49. The van der Waals surface area contributed by atoms with E-state index in [-0.39, 0.29) is 24.2 Å². The second-order valence-corrected chi connectivity index (χ2v) is 8.13. The Balaban J connectivity index is 0.00000169. The number of carbonyl (C=O) groups excluding carboxylic acids is 1. The Labute approximate surface area is 159 Å². The molecule has 6 heteroatoms. The molecule has 3 aliphatic rings. The van der Waals surface area contributed by atoms with Gasteiger partial charge in [-0.2, -0.15) is 0 Å². The van der Waals surface area contributed by atoms with Gasteiger partial charge in [-0.25, -0.2) is 0 Å². The van der Waals surface area contributed by atoms with Crippen LogP contribution in [0.5, 0.6) is 0 Å². The average molecular weight is 390 g/mol. The first-order chi connectivity index (χ1) is 11.1. The van der Waals surface area contributed by atoms with E-state index in [1.807, 2.05) is 12.1 Å². The smallest absolute Gasteiger partial charge is 0.226 e. The van der Waals surface area contributed by atoms with Crippen molar-refractivity contribution in [3.8, 4) is 0 Å². The molecule has 0 bridgehead atoms. The Kier molecular flexibility index (Phi) is 5.36. The normalized spacial score (nSPS) is 27.8. The molecule has 2 saturated heterocycles. The van der Waals surface area contributed by atoms with Gasteiger partial charge < -0.3 is 10.2 Å². The third-order valence-corrected chi connectivity index (χ3v) is 6.79. The zero-order valence-electron chi connectivity index (χ0n) is 13.6. The molecular formula is C18H23Cl3N2O. The molecule has 1 amide bonds. The van der Waals surface area contributed by atoms with Crippen LogP contribution >= 0.6 is 35.6 Å². The molecule has 2 heterocycles. The van der Waals surface area contributed by atoms with Crippen molar-refractivity contribution >= 4 is 41.5 Å². The molecule has 2 unspecified atom stereocenters. The zero-order valence-corrected chi connectivity index (χ0v) is 15.9. The molecule has 132 valence electrons. The molecule has 1 aromatic carbocycles. The number of carbonyl (C=O) groups is 1. The van der Waals surface area contributed by atoms with Crippen LogP contribution in [0.25, 0.3) is 0 Å². The van der Waals surface area contributed by atoms with Gasteiger partial charge in [-0.15, -0.1) is 12.4 Å². The van der Waals surface area contributed by atoms with Gasteiger partial charge in [-0.1, -0.05) is 35.3 Å². The molecule has 2 atom stereocenters. The van der Waals surface area contributed by atoms with Crippen molar-refractivity contribution in [3.63, 3.8) is 0 Å². The molecule has 2 aliphatic heterocycles. The molecular weight excluding hydrogens is 367 g/mol. The largest absolute Gasteiger partial charge is 0.342 e. The molecule has 1 spiro atoms. The summed E-state index contributed by atoms with van der Waals surface area (Å²) in [6.45, 7) is 4.07. The van der Waals surface area contributed by atoms with Crippen molar-refractivity contribution in [2.45, 2.75) is 31.6 Å². The van der Waals surface area contributed by atoms with Crippen molar-refractivity contribution in [1.82, 2.24) is 10.2 Å². The minimum absolute atomic E-state index is 0. The highest BCUT2D eigenvalue weighted by Crippen LogP contribution is 2.52. The molecule has 1 aromatic rings. The van der Waals surface area contributed by atoms with Gasteiger partial charge in [0.15, 0.2) is 0 Å². The van der Waals surface area contributed by atoms with E-state index in [4.69, 9.17) is 23.2 Å². The minimum Gasteiger partial charge on any atom is -0.342 e. The fourth-order valence-electron chi connectivity index (χ4n) is 4.28. The highest BCUT2D eigenvalue weighted by atomic mass is 35.5. The van der Waals surface area contributed by atoms with Gasteiger partial charge in [0.05, 0.1) is 10.0 Å². The summed E-state index contributed by atoms with van der Waals surface area (Å²) in [6, 6.07) is 5.72. The van der Waals surface area contributed by atoms with Gasteiger partial charge in [-0.05, 0) is 55.2 Å². The van der Waals surface area contributed by atoms with Crippen LogP contribution in [0.3, 0.4) is 0 Å². The summed E-state index contributed by atoms with van der Waals surface area (Å²) in [5, 5.41) is 4.67. The monoisotopic (exact) mass is 388 g/mol. The fourth-order valence-corrected chi connectivity index (χ4v) is 4.72. The lowest BCUT2D eigenvalue weighted by Crippen LogP contribution is -2.44. The number of hydrogen-bond donors (Lipinski definition) is 1. The summed E-state index contributed by atoms with van der Waals surface area (Å²) in [6.07, 6.45) is 4.45. The molecule has 1 N–H and O–H groups in total. The van der Waals surface area contributed by atoms with Crippen LogP contribution in [-0.2, 0) is 4.79 Å². The number of piperidine rings is 1. The molecule has 1 aliphatic carbocycles. The van der Waals surface area contributed by atoms with E-state index in [1.54, 1.807) is 6.07 Å². The summed E-state index contributed by atoms with van der Waals surface area (Å²) in [7, 11) is 0. The van der Waals surface area contributed by atoms with E-state index in [2.05, 4.69) is 10.2 Å². The third kappa shape index (κ3) is 3.29. The fraction of sp³-hybridized carbons (Fsp3) is 0.611.